The highest BCUT2D eigenvalue weighted by Crippen LogP contribution is 2.18. The lowest BCUT2D eigenvalue weighted by Crippen LogP contribution is -2.26. The first-order chi connectivity index (χ1) is 6.49. The standard InChI is InChI=1S/C7H12N2O3S2/c1-5-7(6(2)12-9-5)14(10,11)8-3-4-13/h8,13H,3-4H2,1-2H3. The predicted molar refractivity (Wildman–Crippen MR) is 55.0 cm³/mol. The number of rotatable bonds is 4. The first-order valence-corrected chi connectivity index (χ1v) is 6.14. The number of sulfonamides is 1. The average molecular weight is 236 g/mol. The largest absolute Gasteiger partial charge is 0.360 e. The van der Waals surface area contributed by atoms with Crippen LogP contribution in [-0.2, 0) is 10.0 Å². The van der Waals surface area contributed by atoms with E-state index in [1.165, 1.54) is 0 Å². The molecular formula is C7H12N2O3S2. The van der Waals surface area contributed by atoms with Crippen molar-refractivity contribution in [3.8, 4) is 0 Å². The summed E-state index contributed by atoms with van der Waals surface area (Å²) >= 11 is 3.92. The second kappa shape index (κ2) is 4.33. The monoisotopic (exact) mass is 236 g/mol. The van der Waals surface area contributed by atoms with E-state index in [4.69, 9.17) is 4.52 Å². The van der Waals surface area contributed by atoms with E-state index in [2.05, 4.69) is 22.5 Å². The van der Waals surface area contributed by atoms with Crippen LogP contribution in [0.3, 0.4) is 0 Å². The minimum Gasteiger partial charge on any atom is -0.360 e. The number of thiol groups is 1. The molecule has 1 N–H and O–H groups in total. The van der Waals surface area contributed by atoms with Gasteiger partial charge in [-0.05, 0) is 13.8 Å². The summed E-state index contributed by atoms with van der Waals surface area (Å²) in [5.74, 6) is 0.747. The van der Waals surface area contributed by atoms with Crippen LogP contribution in [0.5, 0.6) is 0 Å². The molecule has 0 aliphatic carbocycles. The molecule has 14 heavy (non-hydrogen) atoms. The maximum atomic E-state index is 11.6. The van der Waals surface area contributed by atoms with Crippen molar-refractivity contribution in [2.24, 2.45) is 0 Å². The fraction of sp³-hybridized carbons (Fsp3) is 0.571. The van der Waals surface area contributed by atoms with Gasteiger partial charge in [-0.1, -0.05) is 5.16 Å². The molecule has 0 aliphatic heterocycles. The van der Waals surface area contributed by atoms with Crippen LogP contribution in [0.2, 0.25) is 0 Å². The molecule has 1 aromatic rings. The third kappa shape index (κ3) is 2.28. The van der Waals surface area contributed by atoms with Crippen LogP contribution in [0, 0.1) is 13.8 Å². The minimum atomic E-state index is -3.50. The molecule has 0 unspecified atom stereocenters. The van der Waals surface area contributed by atoms with E-state index in [1.54, 1.807) is 13.8 Å². The lowest BCUT2D eigenvalue weighted by atomic mass is 10.4. The maximum Gasteiger partial charge on any atom is 0.245 e. The Morgan fingerprint density at radius 1 is 1.50 bits per heavy atom. The van der Waals surface area contributed by atoms with E-state index in [1.807, 2.05) is 0 Å². The second-order valence-corrected chi connectivity index (χ2v) is 4.93. The second-order valence-electron chi connectivity index (χ2n) is 2.77. The fourth-order valence-corrected chi connectivity index (χ4v) is 2.73. The quantitative estimate of drug-likeness (QED) is 0.747. The summed E-state index contributed by atoms with van der Waals surface area (Å²) in [4.78, 5) is 0.124. The van der Waals surface area contributed by atoms with Crippen LogP contribution in [0.4, 0.5) is 0 Å². The van der Waals surface area contributed by atoms with Crippen LogP contribution >= 0.6 is 12.6 Å². The summed E-state index contributed by atoms with van der Waals surface area (Å²) in [7, 11) is -3.50. The van der Waals surface area contributed by atoms with Gasteiger partial charge in [-0.3, -0.25) is 0 Å². The van der Waals surface area contributed by atoms with Crippen molar-refractivity contribution in [2.45, 2.75) is 18.7 Å². The SMILES string of the molecule is Cc1noc(C)c1S(=O)(=O)NCCS. The van der Waals surface area contributed by atoms with Crippen LogP contribution in [0.1, 0.15) is 11.5 Å². The zero-order valence-corrected chi connectivity index (χ0v) is 9.65. The highest BCUT2D eigenvalue weighted by molar-refractivity contribution is 7.89. The molecule has 5 nitrogen and oxygen atoms in total. The zero-order chi connectivity index (χ0) is 10.8. The lowest BCUT2D eigenvalue weighted by molar-refractivity contribution is 0.390. The molecule has 7 heteroatoms. The normalized spacial score (nSPS) is 11.9. The van der Waals surface area contributed by atoms with Crippen LogP contribution in [-0.4, -0.2) is 25.9 Å². The molecule has 0 aromatic carbocycles. The van der Waals surface area contributed by atoms with Crippen molar-refractivity contribution in [3.63, 3.8) is 0 Å². The average Bonchev–Trinajstić information content (AvgIpc) is 2.43. The van der Waals surface area contributed by atoms with E-state index in [9.17, 15) is 8.42 Å². The van der Waals surface area contributed by atoms with Gasteiger partial charge in [0.25, 0.3) is 0 Å². The van der Waals surface area contributed by atoms with Crippen LogP contribution < -0.4 is 4.72 Å². The Kier molecular flexibility index (Phi) is 3.57. The van der Waals surface area contributed by atoms with Gasteiger partial charge < -0.3 is 4.52 Å². The van der Waals surface area contributed by atoms with Gasteiger partial charge in [0.05, 0.1) is 0 Å². The number of aromatic nitrogens is 1. The molecule has 0 bridgehead atoms. The smallest absolute Gasteiger partial charge is 0.245 e. The summed E-state index contributed by atoms with van der Waals surface area (Å²) in [6, 6.07) is 0. The molecule has 1 heterocycles. The van der Waals surface area contributed by atoms with Crippen molar-refractivity contribution >= 4 is 22.7 Å². The Morgan fingerprint density at radius 2 is 2.14 bits per heavy atom. The summed E-state index contributed by atoms with van der Waals surface area (Å²) in [6.45, 7) is 3.44. The van der Waals surface area contributed by atoms with Crippen molar-refractivity contribution in [3.05, 3.63) is 11.5 Å². The van der Waals surface area contributed by atoms with E-state index >= 15 is 0 Å². The fourth-order valence-electron chi connectivity index (χ4n) is 1.11. The third-order valence-electron chi connectivity index (χ3n) is 1.64. The van der Waals surface area contributed by atoms with Gasteiger partial charge in [0, 0.05) is 12.3 Å². The van der Waals surface area contributed by atoms with Gasteiger partial charge in [-0.25, -0.2) is 13.1 Å². The van der Waals surface area contributed by atoms with Crippen LogP contribution in [0.15, 0.2) is 9.42 Å². The molecule has 80 valence electrons. The molecular weight excluding hydrogens is 224 g/mol. The van der Waals surface area contributed by atoms with Gasteiger partial charge in [-0.2, -0.15) is 12.6 Å². The Morgan fingerprint density at radius 3 is 2.57 bits per heavy atom. The number of aryl methyl sites for hydroxylation is 2. The lowest BCUT2D eigenvalue weighted by Gasteiger charge is -2.03. The van der Waals surface area contributed by atoms with Crippen molar-refractivity contribution in [1.82, 2.24) is 9.88 Å². The van der Waals surface area contributed by atoms with E-state index < -0.39 is 10.0 Å². The molecule has 0 radical (unpaired) electrons. The summed E-state index contributed by atoms with van der Waals surface area (Å²) in [5.41, 5.74) is 0.370. The molecule has 0 amide bonds. The predicted octanol–water partition coefficient (Wildman–Crippen LogP) is 0.500. The van der Waals surface area contributed by atoms with Gasteiger partial charge in [0.1, 0.15) is 10.6 Å². The van der Waals surface area contributed by atoms with E-state index in [0.717, 1.165) is 0 Å². The van der Waals surface area contributed by atoms with Crippen molar-refractivity contribution < 1.29 is 12.9 Å². The molecule has 0 aliphatic rings. The Labute approximate surface area is 88.3 Å². The van der Waals surface area contributed by atoms with Gasteiger partial charge in [0.2, 0.25) is 10.0 Å². The van der Waals surface area contributed by atoms with E-state index in [-0.39, 0.29) is 11.4 Å². The number of hydrogen-bond donors (Lipinski definition) is 2. The number of nitrogens with zero attached hydrogens (tertiary/aromatic N) is 1. The van der Waals surface area contributed by atoms with Crippen molar-refractivity contribution in [1.29, 1.82) is 0 Å². The first-order valence-electron chi connectivity index (χ1n) is 4.02. The summed E-state index contributed by atoms with van der Waals surface area (Å²) in [6.07, 6.45) is 0. The number of hydrogen-bond acceptors (Lipinski definition) is 5. The first kappa shape index (κ1) is 11.5. The highest BCUT2D eigenvalue weighted by atomic mass is 32.2. The summed E-state index contributed by atoms with van der Waals surface area (Å²) < 4.78 is 30.5. The van der Waals surface area contributed by atoms with Gasteiger partial charge in [0.15, 0.2) is 5.76 Å². The van der Waals surface area contributed by atoms with E-state index in [0.29, 0.717) is 17.2 Å². The Bertz CT molecular complexity index is 391. The molecule has 1 aromatic heterocycles. The van der Waals surface area contributed by atoms with Gasteiger partial charge >= 0.3 is 0 Å². The minimum absolute atomic E-state index is 0.124. The molecule has 0 atom stereocenters. The molecule has 0 saturated carbocycles. The van der Waals surface area contributed by atoms with Gasteiger partial charge in [-0.15, -0.1) is 0 Å². The van der Waals surface area contributed by atoms with Crippen LogP contribution in [0.25, 0.3) is 0 Å². The Balaban J connectivity index is 3.04. The maximum absolute atomic E-state index is 11.6. The third-order valence-corrected chi connectivity index (χ3v) is 3.57. The molecule has 0 fully saturated rings. The molecule has 1 rings (SSSR count). The Hall–Kier alpha value is -0.530. The number of nitrogens with one attached hydrogen (secondary N) is 1. The molecule has 0 saturated heterocycles. The highest BCUT2D eigenvalue weighted by Gasteiger charge is 2.23. The zero-order valence-electron chi connectivity index (χ0n) is 7.94. The van der Waals surface area contributed by atoms with Crippen molar-refractivity contribution in [2.75, 3.05) is 12.3 Å². The summed E-state index contributed by atoms with van der Waals surface area (Å²) in [5, 5.41) is 3.58. The molecule has 0 spiro atoms. The topological polar surface area (TPSA) is 72.2 Å².